The summed E-state index contributed by atoms with van der Waals surface area (Å²) in [5.74, 6) is -1.64. The Bertz CT molecular complexity index is 1090. The fourth-order valence-electron chi connectivity index (χ4n) is 5.42. The van der Waals surface area contributed by atoms with Gasteiger partial charge in [-0.15, -0.1) is 0 Å². The largest absolute Gasteiger partial charge is 0.504 e. The van der Waals surface area contributed by atoms with E-state index in [1.165, 1.54) is 31.6 Å². The van der Waals surface area contributed by atoms with Crippen molar-refractivity contribution in [1.82, 2.24) is 0 Å². The summed E-state index contributed by atoms with van der Waals surface area (Å²) in [7, 11) is 1.41. The molecular formula is C25H30O13. The van der Waals surface area contributed by atoms with Crippen molar-refractivity contribution in [2.75, 3.05) is 20.3 Å². The topological polar surface area (TPSA) is 197 Å². The molecule has 13 heteroatoms. The lowest BCUT2D eigenvalue weighted by Gasteiger charge is -2.43. The van der Waals surface area contributed by atoms with Crippen LogP contribution in [0.15, 0.2) is 36.6 Å². The summed E-state index contributed by atoms with van der Waals surface area (Å²) >= 11 is 0. The Hall–Kier alpha value is -2.75. The Morgan fingerprint density at radius 3 is 2.63 bits per heavy atom. The monoisotopic (exact) mass is 538 g/mol. The molecule has 0 radical (unpaired) electrons. The van der Waals surface area contributed by atoms with Gasteiger partial charge in [0.05, 0.1) is 32.5 Å². The van der Waals surface area contributed by atoms with Crippen LogP contribution in [-0.4, -0.2) is 112 Å². The van der Waals surface area contributed by atoms with E-state index >= 15 is 0 Å². The van der Waals surface area contributed by atoms with Crippen LogP contribution in [0.5, 0.6) is 11.5 Å². The van der Waals surface area contributed by atoms with Crippen molar-refractivity contribution >= 4 is 12.0 Å². The fraction of sp³-hybridized carbons (Fsp3) is 0.560. The molecule has 3 heterocycles. The zero-order chi connectivity index (χ0) is 27.2. The van der Waals surface area contributed by atoms with E-state index in [0.717, 1.165) is 0 Å². The summed E-state index contributed by atoms with van der Waals surface area (Å²) in [6.45, 7) is -1.06. The van der Waals surface area contributed by atoms with Gasteiger partial charge in [-0.2, -0.15) is 0 Å². The third kappa shape index (κ3) is 4.54. The first-order chi connectivity index (χ1) is 18.2. The van der Waals surface area contributed by atoms with E-state index in [9.17, 15) is 35.4 Å². The molecule has 1 aliphatic carbocycles. The second kappa shape index (κ2) is 10.4. The number of aliphatic hydroxyl groups is 5. The highest BCUT2D eigenvalue weighted by molar-refractivity contribution is 5.87. The Morgan fingerprint density at radius 1 is 1.13 bits per heavy atom. The normalized spacial score (nSPS) is 41.3. The minimum absolute atomic E-state index is 0.0396. The summed E-state index contributed by atoms with van der Waals surface area (Å²) < 4.78 is 33.4. The number of aromatic hydroxyl groups is 1. The first kappa shape index (κ1) is 26.8. The first-order valence-electron chi connectivity index (χ1n) is 12.1. The van der Waals surface area contributed by atoms with E-state index in [0.29, 0.717) is 5.56 Å². The Morgan fingerprint density at radius 2 is 1.92 bits per heavy atom. The van der Waals surface area contributed by atoms with Crippen LogP contribution in [0.3, 0.4) is 0 Å². The van der Waals surface area contributed by atoms with E-state index < -0.39 is 85.8 Å². The highest BCUT2D eigenvalue weighted by Gasteiger charge is 2.77. The van der Waals surface area contributed by atoms with Gasteiger partial charge in [-0.1, -0.05) is 6.07 Å². The van der Waals surface area contributed by atoms with Crippen molar-refractivity contribution < 1.29 is 63.9 Å². The second-order valence-electron chi connectivity index (χ2n) is 9.59. The van der Waals surface area contributed by atoms with Crippen LogP contribution in [0.4, 0.5) is 0 Å². The molecule has 0 unspecified atom stereocenters. The number of phenols is 1. The van der Waals surface area contributed by atoms with Gasteiger partial charge in [-0.25, -0.2) is 4.79 Å². The third-order valence-corrected chi connectivity index (χ3v) is 7.47. The summed E-state index contributed by atoms with van der Waals surface area (Å²) in [4.78, 5) is 12.7. The van der Waals surface area contributed by atoms with E-state index in [1.54, 1.807) is 18.2 Å². The van der Waals surface area contributed by atoms with Crippen LogP contribution in [0.2, 0.25) is 0 Å². The van der Waals surface area contributed by atoms with Crippen LogP contribution in [-0.2, 0) is 28.5 Å². The van der Waals surface area contributed by atoms with Crippen molar-refractivity contribution in [2.24, 2.45) is 11.8 Å². The molecule has 0 spiro atoms. The lowest BCUT2D eigenvalue weighted by atomic mass is 9.85. The van der Waals surface area contributed by atoms with Gasteiger partial charge in [0.2, 0.25) is 6.29 Å². The number of esters is 1. The van der Waals surface area contributed by atoms with E-state index in [4.69, 9.17) is 28.4 Å². The molecule has 0 amide bonds. The minimum atomic E-state index is -1.65. The lowest BCUT2D eigenvalue weighted by Crippen LogP contribution is -2.60. The van der Waals surface area contributed by atoms with Crippen LogP contribution < -0.4 is 4.74 Å². The molecule has 3 fully saturated rings. The lowest BCUT2D eigenvalue weighted by molar-refractivity contribution is -0.344. The SMILES string of the molecule is COc1cc(/C=C\C(=O)O[C@H]2[C@@H]3C=CO[C@@H](O[C@@H]4O[C@@H](CO)[C@H](O)[C@H](O)[C@H]4O)[C@H]3[C@]3(CO)O[C@H]23)ccc1O. The number of hydrogen-bond donors (Lipinski definition) is 6. The number of hydrogen-bond acceptors (Lipinski definition) is 13. The number of methoxy groups -OCH3 is 1. The molecule has 13 nitrogen and oxygen atoms in total. The molecular weight excluding hydrogens is 508 g/mol. The van der Waals surface area contributed by atoms with Crippen molar-refractivity contribution in [1.29, 1.82) is 0 Å². The predicted octanol–water partition coefficient (Wildman–Crippen LogP) is -1.61. The van der Waals surface area contributed by atoms with Crippen LogP contribution >= 0.6 is 0 Å². The van der Waals surface area contributed by atoms with Gasteiger partial charge in [0.1, 0.15) is 42.2 Å². The summed E-state index contributed by atoms with van der Waals surface area (Å²) in [6, 6.07) is 4.57. The minimum Gasteiger partial charge on any atom is -0.504 e. The number of rotatable bonds is 8. The van der Waals surface area contributed by atoms with Gasteiger partial charge in [0.15, 0.2) is 17.8 Å². The van der Waals surface area contributed by atoms with E-state index in [-0.39, 0.29) is 11.5 Å². The number of ether oxygens (including phenoxy) is 6. The first-order valence-corrected chi connectivity index (χ1v) is 12.1. The average Bonchev–Trinajstić information content (AvgIpc) is 3.60. The molecule has 4 aliphatic rings. The number of carbonyl (C=O) groups excluding carboxylic acids is 1. The van der Waals surface area contributed by atoms with Crippen molar-refractivity contribution in [3.63, 3.8) is 0 Å². The molecule has 6 N–H and O–H groups in total. The Labute approximate surface area is 217 Å². The maximum absolute atomic E-state index is 12.7. The zero-order valence-electron chi connectivity index (χ0n) is 20.3. The van der Waals surface area contributed by atoms with Gasteiger partial charge < -0.3 is 59.1 Å². The highest BCUT2D eigenvalue weighted by Crippen LogP contribution is 2.60. The second-order valence-corrected chi connectivity index (χ2v) is 9.59. The Kier molecular flexibility index (Phi) is 7.37. The number of carbonyl (C=O) groups is 1. The summed E-state index contributed by atoms with van der Waals surface area (Å²) in [6.07, 6.45) is -4.38. The van der Waals surface area contributed by atoms with Gasteiger partial charge in [0.25, 0.3) is 0 Å². The molecule has 1 aromatic carbocycles. The predicted molar refractivity (Wildman–Crippen MR) is 124 cm³/mol. The average molecular weight is 539 g/mol. The molecule has 0 aromatic heterocycles. The quantitative estimate of drug-likeness (QED) is 0.126. The molecule has 0 bridgehead atoms. The number of aliphatic hydroxyl groups excluding tert-OH is 5. The molecule has 11 atom stereocenters. The molecule has 3 aliphatic heterocycles. The van der Waals surface area contributed by atoms with Gasteiger partial charge in [-0.05, 0) is 29.8 Å². The molecule has 5 rings (SSSR count). The molecule has 1 saturated carbocycles. The molecule has 1 aromatic rings. The number of epoxide rings is 1. The smallest absolute Gasteiger partial charge is 0.331 e. The van der Waals surface area contributed by atoms with Crippen molar-refractivity contribution in [3.8, 4) is 11.5 Å². The number of benzene rings is 1. The maximum Gasteiger partial charge on any atom is 0.331 e. The van der Waals surface area contributed by atoms with Gasteiger partial charge >= 0.3 is 5.97 Å². The Balaban J connectivity index is 1.29. The molecule has 208 valence electrons. The van der Waals surface area contributed by atoms with Crippen LogP contribution in [0.1, 0.15) is 5.56 Å². The van der Waals surface area contributed by atoms with Crippen molar-refractivity contribution in [3.05, 3.63) is 42.2 Å². The van der Waals surface area contributed by atoms with Gasteiger partial charge in [0, 0.05) is 12.0 Å². The summed E-state index contributed by atoms with van der Waals surface area (Å²) in [5, 5.41) is 59.8. The highest BCUT2D eigenvalue weighted by atomic mass is 16.8. The zero-order valence-corrected chi connectivity index (χ0v) is 20.3. The number of fused-ring (bicyclic) bond motifs is 3. The maximum atomic E-state index is 12.7. The van der Waals surface area contributed by atoms with E-state index in [2.05, 4.69) is 0 Å². The number of phenolic OH excluding ortho intramolecular Hbond substituents is 1. The van der Waals surface area contributed by atoms with Crippen LogP contribution in [0.25, 0.3) is 6.08 Å². The summed E-state index contributed by atoms with van der Waals surface area (Å²) in [5.41, 5.74) is -0.556. The van der Waals surface area contributed by atoms with E-state index in [1.807, 2.05) is 0 Å². The van der Waals surface area contributed by atoms with Crippen molar-refractivity contribution in [2.45, 2.75) is 54.8 Å². The van der Waals surface area contributed by atoms with Gasteiger partial charge in [-0.3, -0.25) is 0 Å². The third-order valence-electron chi connectivity index (χ3n) is 7.47. The molecule has 38 heavy (non-hydrogen) atoms. The standard InChI is InChI=1S/C25H30O13/c1-33-14-8-11(2-4-13(14)28)3-5-16(29)36-21-12-6-7-34-23(17(12)25(10-27)22(21)38-25)37-24-20(32)19(31)18(30)15(9-26)35-24/h2-8,12,15,17-24,26-28,30-32H,9-10H2,1H3/b5-3-/t12-,15+,17+,18+,19+,20-,21+,22-,23+,24+,25+/m1/s1. The fourth-order valence-corrected chi connectivity index (χ4v) is 5.42. The van der Waals surface area contributed by atoms with Crippen LogP contribution in [0, 0.1) is 11.8 Å². The molecule has 2 saturated heterocycles.